The second-order valence-electron chi connectivity index (χ2n) is 6.66. The molecule has 0 aliphatic carbocycles. The minimum Gasteiger partial charge on any atom is -0.372 e. The minimum absolute atomic E-state index is 0.151. The molecule has 3 rings (SSSR count). The highest BCUT2D eigenvalue weighted by Gasteiger charge is 2.23. The Bertz CT molecular complexity index is 783. The van der Waals surface area contributed by atoms with Crippen molar-refractivity contribution in [3.8, 4) is 0 Å². The second-order valence-corrected chi connectivity index (χ2v) is 6.66. The fourth-order valence-corrected chi connectivity index (χ4v) is 3.17. The van der Waals surface area contributed by atoms with Crippen LogP contribution in [0.1, 0.15) is 42.6 Å². The van der Waals surface area contributed by atoms with E-state index in [1.54, 1.807) is 36.0 Å². The number of piperidine rings is 1. The Morgan fingerprint density at radius 3 is 2.46 bits per heavy atom. The first-order valence-electron chi connectivity index (χ1n) is 9.01. The summed E-state index contributed by atoms with van der Waals surface area (Å²) >= 11 is 0. The van der Waals surface area contributed by atoms with E-state index < -0.39 is 11.9 Å². The SMILES string of the molecule is C[C@H](C(=O)Nc1ccc(N2CCCCC2)cc1)[n+]1cccc(C(N)=O)c1. The van der Waals surface area contributed by atoms with Crippen LogP contribution in [-0.2, 0) is 4.79 Å². The topological polar surface area (TPSA) is 79.3 Å². The normalized spacial score (nSPS) is 15.3. The summed E-state index contributed by atoms with van der Waals surface area (Å²) in [5, 5.41) is 2.92. The number of nitrogens with two attached hydrogens (primary N) is 1. The van der Waals surface area contributed by atoms with E-state index >= 15 is 0 Å². The molecule has 26 heavy (non-hydrogen) atoms. The summed E-state index contributed by atoms with van der Waals surface area (Å²) < 4.78 is 1.68. The third-order valence-corrected chi connectivity index (χ3v) is 4.79. The van der Waals surface area contributed by atoms with Gasteiger partial charge in [0.1, 0.15) is 5.56 Å². The molecule has 1 aliphatic rings. The van der Waals surface area contributed by atoms with Gasteiger partial charge in [-0.15, -0.1) is 0 Å². The van der Waals surface area contributed by atoms with Crippen LogP contribution >= 0.6 is 0 Å². The standard InChI is InChI=1S/C20H24N4O2/c1-15(24-13-5-6-16(14-24)19(21)25)20(26)22-17-7-9-18(10-8-17)23-11-3-2-4-12-23/h5-10,13-15H,2-4,11-12H2,1H3,(H2-,21,22,25,26)/p+1/t15-/m1/s1. The Morgan fingerprint density at radius 2 is 1.81 bits per heavy atom. The molecule has 136 valence electrons. The molecule has 0 bridgehead atoms. The Labute approximate surface area is 153 Å². The van der Waals surface area contributed by atoms with Gasteiger partial charge in [0, 0.05) is 37.5 Å². The number of carbonyl (C=O) groups is 2. The van der Waals surface area contributed by atoms with Gasteiger partial charge in [-0.1, -0.05) is 0 Å². The number of rotatable bonds is 5. The third kappa shape index (κ3) is 4.20. The average molecular weight is 353 g/mol. The van der Waals surface area contributed by atoms with E-state index in [2.05, 4.69) is 10.2 Å². The monoisotopic (exact) mass is 353 g/mol. The number of amides is 2. The van der Waals surface area contributed by atoms with E-state index in [1.165, 1.54) is 24.9 Å². The van der Waals surface area contributed by atoms with E-state index in [1.807, 2.05) is 24.3 Å². The molecular formula is C20H25N4O2+. The zero-order chi connectivity index (χ0) is 18.5. The van der Waals surface area contributed by atoms with Crippen molar-refractivity contribution in [2.75, 3.05) is 23.3 Å². The number of pyridine rings is 1. The van der Waals surface area contributed by atoms with E-state index in [9.17, 15) is 9.59 Å². The summed E-state index contributed by atoms with van der Waals surface area (Å²) in [5.41, 5.74) is 7.63. The van der Waals surface area contributed by atoms with Crippen LogP contribution in [0.2, 0.25) is 0 Å². The first-order chi connectivity index (χ1) is 12.5. The van der Waals surface area contributed by atoms with Crippen LogP contribution in [0.4, 0.5) is 11.4 Å². The lowest BCUT2D eigenvalue weighted by Gasteiger charge is -2.28. The van der Waals surface area contributed by atoms with Crippen LogP contribution in [0.3, 0.4) is 0 Å². The van der Waals surface area contributed by atoms with Crippen LogP contribution in [0.15, 0.2) is 48.8 Å². The number of carbonyl (C=O) groups excluding carboxylic acids is 2. The van der Waals surface area contributed by atoms with Crippen LogP contribution in [0.5, 0.6) is 0 Å². The molecule has 1 atom stereocenters. The lowest BCUT2D eigenvalue weighted by molar-refractivity contribution is -0.705. The van der Waals surface area contributed by atoms with Crippen LogP contribution in [-0.4, -0.2) is 24.9 Å². The predicted molar refractivity (Wildman–Crippen MR) is 101 cm³/mol. The van der Waals surface area contributed by atoms with Crippen molar-refractivity contribution in [3.63, 3.8) is 0 Å². The quantitative estimate of drug-likeness (QED) is 0.809. The molecule has 2 heterocycles. The maximum Gasteiger partial charge on any atom is 0.293 e. The van der Waals surface area contributed by atoms with Gasteiger partial charge in [-0.2, -0.15) is 4.57 Å². The minimum atomic E-state index is -0.514. The molecule has 2 amide bonds. The molecule has 1 fully saturated rings. The van der Waals surface area contributed by atoms with E-state index in [-0.39, 0.29) is 5.91 Å². The number of anilines is 2. The largest absolute Gasteiger partial charge is 0.372 e. The van der Waals surface area contributed by atoms with E-state index in [0.29, 0.717) is 5.56 Å². The maximum atomic E-state index is 12.5. The van der Waals surface area contributed by atoms with Gasteiger partial charge >= 0.3 is 0 Å². The van der Waals surface area contributed by atoms with E-state index in [4.69, 9.17) is 5.73 Å². The summed E-state index contributed by atoms with van der Waals surface area (Å²) in [7, 11) is 0. The summed E-state index contributed by atoms with van der Waals surface area (Å²) in [4.78, 5) is 26.2. The fourth-order valence-electron chi connectivity index (χ4n) is 3.17. The van der Waals surface area contributed by atoms with Crippen molar-refractivity contribution in [1.29, 1.82) is 0 Å². The molecule has 0 saturated carbocycles. The molecular weight excluding hydrogens is 328 g/mol. The van der Waals surface area contributed by atoms with Gasteiger partial charge in [-0.3, -0.25) is 9.59 Å². The number of nitrogens with zero attached hydrogens (tertiary/aromatic N) is 2. The highest BCUT2D eigenvalue weighted by Crippen LogP contribution is 2.22. The number of primary amides is 1. The number of hydrogen-bond acceptors (Lipinski definition) is 3. The molecule has 1 saturated heterocycles. The number of nitrogens with one attached hydrogen (secondary N) is 1. The zero-order valence-corrected chi connectivity index (χ0v) is 15.0. The van der Waals surface area contributed by atoms with Crippen molar-refractivity contribution < 1.29 is 14.2 Å². The Kier molecular flexibility index (Phi) is 5.51. The molecule has 1 aliphatic heterocycles. The molecule has 1 aromatic heterocycles. The smallest absolute Gasteiger partial charge is 0.293 e. The molecule has 6 nitrogen and oxygen atoms in total. The predicted octanol–water partition coefficient (Wildman–Crippen LogP) is 2.26. The van der Waals surface area contributed by atoms with Crippen molar-refractivity contribution in [2.45, 2.75) is 32.2 Å². The Hall–Kier alpha value is -2.89. The summed E-state index contributed by atoms with van der Waals surface area (Å²) in [6.45, 7) is 3.97. The van der Waals surface area contributed by atoms with Crippen molar-refractivity contribution >= 4 is 23.2 Å². The van der Waals surface area contributed by atoms with Crippen LogP contribution in [0.25, 0.3) is 0 Å². The Morgan fingerprint density at radius 1 is 1.12 bits per heavy atom. The number of benzene rings is 1. The first kappa shape index (κ1) is 17.9. The Balaban J connectivity index is 1.65. The first-order valence-corrected chi connectivity index (χ1v) is 9.01. The summed E-state index contributed by atoms with van der Waals surface area (Å²) in [5.74, 6) is -0.664. The number of aromatic nitrogens is 1. The van der Waals surface area contributed by atoms with Crippen LogP contribution in [0, 0.1) is 0 Å². The maximum absolute atomic E-state index is 12.5. The van der Waals surface area contributed by atoms with Crippen molar-refractivity contribution in [3.05, 3.63) is 54.4 Å². The molecule has 1 aromatic carbocycles. The second kappa shape index (κ2) is 7.99. The highest BCUT2D eigenvalue weighted by molar-refractivity contribution is 5.93. The zero-order valence-electron chi connectivity index (χ0n) is 15.0. The fraction of sp³-hybridized carbons (Fsp3) is 0.350. The van der Waals surface area contributed by atoms with Gasteiger partial charge in [0.15, 0.2) is 12.4 Å². The molecule has 0 spiro atoms. The van der Waals surface area contributed by atoms with Crippen LogP contribution < -0.4 is 20.5 Å². The lowest BCUT2D eigenvalue weighted by Crippen LogP contribution is -2.44. The molecule has 0 radical (unpaired) electrons. The van der Waals surface area contributed by atoms with Crippen molar-refractivity contribution in [1.82, 2.24) is 0 Å². The summed E-state index contributed by atoms with van der Waals surface area (Å²) in [6.07, 6.45) is 7.11. The molecule has 2 aromatic rings. The average Bonchev–Trinajstić information content (AvgIpc) is 2.68. The van der Waals surface area contributed by atoms with Crippen molar-refractivity contribution in [2.24, 2.45) is 5.73 Å². The van der Waals surface area contributed by atoms with Gasteiger partial charge < -0.3 is 16.0 Å². The van der Waals surface area contributed by atoms with Gasteiger partial charge in [0.25, 0.3) is 11.8 Å². The van der Waals surface area contributed by atoms with Gasteiger partial charge in [-0.25, -0.2) is 0 Å². The molecule has 3 N–H and O–H groups in total. The molecule has 6 heteroatoms. The van der Waals surface area contributed by atoms with Gasteiger partial charge in [0.2, 0.25) is 6.04 Å². The third-order valence-electron chi connectivity index (χ3n) is 4.79. The van der Waals surface area contributed by atoms with E-state index in [0.717, 1.165) is 18.8 Å². The lowest BCUT2D eigenvalue weighted by atomic mass is 10.1. The summed E-state index contributed by atoms with van der Waals surface area (Å²) in [6, 6.07) is 10.8. The van der Waals surface area contributed by atoms with Gasteiger partial charge in [-0.05, 0) is 49.6 Å². The molecule has 0 unspecified atom stereocenters. The van der Waals surface area contributed by atoms with Gasteiger partial charge in [0.05, 0.1) is 0 Å². The highest BCUT2D eigenvalue weighted by atomic mass is 16.2. The number of hydrogen-bond donors (Lipinski definition) is 2.